The molecule has 0 aliphatic rings. The van der Waals surface area contributed by atoms with E-state index in [9.17, 15) is 4.79 Å². The predicted octanol–water partition coefficient (Wildman–Crippen LogP) is 4.38. The van der Waals surface area contributed by atoms with Crippen LogP contribution in [0.1, 0.15) is 48.3 Å². The van der Waals surface area contributed by atoms with Gasteiger partial charge >= 0.3 is 0 Å². The monoisotopic (exact) mass is 281 g/mol. The molecule has 0 fully saturated rings. The molecule has 2 heteroatoms. The van der Waals surface area contributed by atoms with E-state index in [1.807, 2.05) is 37.3 Å². The van der Waals surface area contributed by atoms with Crippen LogP contribution in [-0.2, 0) is 6.42 Å². The topological polar surface area (TPSA) is 29.1 Å². The highest BCUT2D eigenvalue weighted by Gasteiger charge is 2.11. The number of carbonyl (C=O) groups is 1. The summed E-state index contributed by atoms with van der Waals surface area (Å²) in [5.41, 5.74) is 3.17. The van der Waals surface area contributed by atoms with Crippen LogP contribution >= 0.6 is 0 Å². The Kier molecular flexibility index (Phi) is 5.15. The molecule has 0 saturated carbocycles. The fraction of sp³-hybridized carbons (Fsp3) is 0.316. The van der Waals surface area contributed by atoms with E-state index in [1.54, 1.807) is 0 Å². The largest absolute Gasteiger partial charge is 0.346 e. The summed E-state index contributed by atoms with van der Waals surface area (Å²) in [5, 5.41) is 3.03. The highest BCUT2D eigenvalue weighted by molar-refractivity contribution is 5.94. The molecule has 0 unspecified atom stereocenters. The molecule has 0 aromatic heterocycles. The Morgan fingerprint density at radius 1 is 0.952 bits per heavy atom. The van der Waals surface area contributed by atoms with E-state index in [1.165, 1.54) is 5.56 Å². The van der Waals surface area contributed by atoms with Gasteiger partial charge in [-0.2, -0.15) is 0 Å². The van der Waals surface area contributed by atoms with Crippen LogP contribution in [0.25, 0.3) is 0 Å². The lowest BCUT2D eigenvalue weighted by molar-refractivity contribution is 0.0940. The van der Waals surface area contributed by atoms with Crippen molar-refractivity contribution in [3.05, 3.63) is 71.3 Å². The van der Waals surface area contributed by atoms with E-state index < -0.39 is 0 Å². The maximum Gasteiger partial charge on any atom is 0.251 e. The van der Waals surface area contributed by atoms with E-state index in [0.29, 0.717) is 11.5 Å². The van der Waals surface area contributed by atoms with E-state index in [4.69, 9.17) is 0 Å². The minimum Gasteiger partial charge on any atom is -0.346 e. The van der Waals surface area contributed by atoms with Crippen molar-refractivity contribution in [3.8, 4) is 0 Å². The molecule has 2 nitrogen and oxygen atoms in total. The molecule has 0 bridgehead atoms. The van der Waals surface area contributed by atoms with Crippen LogP contribution in [0.15, 0.2) is 54.6 Å². The molecule has 21 heavy (non-hydrogen) atoms. The zero-order chi connectivity index (χ0) is 15.2. The Labute approximate surface area is 127 Å². The fourth-order valence-electron chi connectivity index (χ4n) is 2.37. The molecule has 0 saturated heterocycles. The second-order valence-electron chi connectivity index (χ2n) is 5.90. The summed E-state index contributed by atoms with van der Waals surface area (Å²) in [5.74, 6) is 0.625. The standard InChI is InChI=1S/C19H23NO/c1-14(2)13-16-9-11-17(12-10-16)15(3)20-19(21)18-7-5-4-6-8-18/h4-12,14-15H,13H2,1-3H3,(H,20,21)/t15-/m0/s1. The smallest absolute Gasteiger partial charge is 0.251 e. The average Bonchev–Trinajstić information content (AvgIpc) is 2.48. The minimum absolute atomic E-state index is 0.00538. The third-order valence-electron chi connectivity index (χ3n) is 3.51. The molecule has 2 rings (SSSR count). The number of benzene rings is 2. The van der Waals surface area contributed by atoms with E-state index in [2.05, 4.69) is 43.4 Å². The summed E-state index contributed by atoms with van der Waals surface area (Å²) in [6.07, 6.45) is 1.09. The lowest BCUT2D eigenvalue weighted by atomic mass is 10.00. The zero-order valence-electron chi connectivity index (χ0n) is 13.0. The number of amides is 1. The number of nitrogens with one attached hydrogen (secondary N) is 1. The van der Waals surface area contributed by atoms with Gasteiger partial charge in [0.2, 0.25) is 0 Å². The normalized spacial score (nSPS) is 12.2. The van der Waals surface area contributed by atoms with Crippen molar-refractivity contribution in [2.75, 3.05) is 0 Å². The van der Waals surface area contributed by atoms with Crippen molar-refractivity contribution >= 4 is 5.91 Å². The first-order chi connectivity index (χ1) is 10.1. The Hall–Kier alpha value is -2.09. The lowest BCUT2D eigenvalue weighted by Crippen LogP contribution is -2.26. The second kappa shape index (κ2) is 7.07. The first-order valence-corrected chi connectivity index (χ1v) is 7.51. The van der Waals surface area contributed by atoms with Crippen LogP contribution in [0.5, 0.6) is 0 Å². The molecule has 0 aliphatic heterocycles. The van der Waals surface area contributed by atoms with Crippen molar-refractivity contribution in [1.29, 1.82) is 0 Å². The number of hydrogen-bond acceptors (Lipinski definition) is 1. The summed E-state index contributed by atoms with van der Waals surface area (Å²) in [6, 6.07) is 17.8. The van der Waals surface area contributed by atoms with Crippen LogP contribution in [-0.4, -0.2) is 5.91 Å². The average molecular weight is 281 g/mol. The summed E-state index contributed by atoms with van der Waals surface area (Å²) in [6.45, 7) is 6.45. The highest BCUT2D eigenvalue weighted by atomic mass is 16.1. The van der Waals surface area contributed by atoms with Gasteiger partial charge < -0.3 is 5.32 Å². The summed E-state index contributed by atoms with van der Waals surface area (Å²) in [4.78, 5) is 12.1. The number of rotatable bonds is 5. The Balaban J connectivity index is 2.00. The van der Waals surface area contributed by atoms with Crippen LogP contribution in [0.3, 0.4) is 0 Å². The summed E-state index contributed by atoms with van der Waals surface area (Å²) in [7, 11) is 0. The van der Waals surface area contributed by atoms with Crippen molar-refractivity contribution < 1.29 is 4.79 Å². The molecule has 2 aromatic carbocycles. The molecular weight excluding hydrogens is 258 g/mol. The summed E-state index contributed by atoms with van der Waals surface area (Å²) < 4.78 is 0. The molecule has 0 heterocycles. The van der Waals surface area contributed by atoms with Crippen LogP contribution in [0.4, 0.5) is 0 Å². The van der Waals surface area contributed by atoms with Crippen LogP contribution in [0, 0.1) is 5.92 Å². The highest BCUT2D eigenvalue weighted by Crippen LogP contribution is 2.16. The maximum atomic E-state index is 12.1. The molecular formula is C19H23NO. The molecule has 0 spiro atoms. The van der Waals surface area contributed by atoms with Crippen LogP contribution < -0.4 is 5.32 Å². The van der Waals surface area contributed by atoms with E-state index in [-0.39, 0.29) is 11.9 Å². The van der Waals surface area contributed by atoms with Crippen molar-refractivity contribution in [1.82, 2.24) is 5.32 Å². The SMILES string of the molecule is CC(C)Cc1ccc([C@H](C)NC(=O)c2ccccc2)cc1. The van der Waals surface area contributed by atoms with Gasteiger partial charge in [-0.3, -0.25) is 4.79 Å². The van der Waals surface area contributed by atoms with Gasteiger partial charge in [0.1, 0.15) is 0 Å². The van der Waals surface area contributed by atoms with Gasteiger partial charge in [-0.1, -0.05) is 56.3 Å². The predicted molar refractivity (Wildman–Crippen MR) is 87.3 cm³/mol. The van der Waals surface area contributed by atoms with Gasteiger partial charge in [0.15, 0.2) is 0 Å². The number of hydrogen-bond donors (Lipinski definition) is 1. The maximum absolute atomic E-state index is 12.1. The minimum atomic E-state index is -0.0330. The van der Waals surface area contributed by atoms with E-state index in [0.717, 1.165) is 12.0 Å². The molecule has 0 radical (unpaired) electrons. The van der Waals surface area contributed by atoms with Gasteiger partial charge in [-0.15, -0.1) is 0 Å². The first-order valence-electron chi connectivity index (χ1n) is 7.51. The quantitative estimate of drug-likeness (QED) is 0.866. The zero-order valence-corrected chi connectivity index (χ0v) is 13.0. The van der Waals surface area contributed by atoms with E-state index >= 15 is 0 Å². The van der Waals surface area contributed by atoms with Gasteiger partial charge in [0.05, 0.1) is 6.04 Å². The fourth-order valence-corrected chi connectivity index (χ4v) is 2.37. The second-order valence-corrected chi connectivity index (χ2v) is 5.90. The molecule has 0 aliphatic carbocycles. The van der Waals surface area contributed by atoms with Gasteiger partial charge in [-0.25, -0.2) is 0 Å². The molecule has 2 aromatic rings. The Morgan fingerprint density at radius 2 is 1.57 bits per heavy atom. The third kappa shape index (κ3) is 4.45. The van der Waals surface area contributed by atoms with Crippen molar-refractivity contribution in [3.63, 3.8) is 0 Å². The third-order valence-corrected chi connectivity index (χ3v) is 3.51. The van der Waals surface area contributed by atoms with Crippen molar-refractivity contribution in [2.24, 2.45) is 5.92 Å². The molecule has 1 amide bonds. The first kappa shape index (κ1) is 15.3. The molecule has 1 N–H and O–H groups in total. The van der Waals surface area contributed by atoms with Gasteiger partial charge in [0.25, 0.3) is 5.91 Å². The molecule has 1 atom stereocenters. The van der Waals surface area contributed by atoms with Crippen LogP contribution in [0.2, 0.25) is 0 Å². The Bertz CT molecular complexity index is 572. The lowest BCUT2D eigenvalue weighted by Gasteiger charge is -2.15. The van der Waals surface area contributed by atoms with Crippen molar-refractivity contribution in [2.45, 2.75) is 33.2 Å². The summed E-state index contributed by atoms with van der Waals surface area (Å²) >= 11 is 0. The van der Waals surface area contributed by atoms with Gasteiger partial charge in [0, 0.05) is 5.56 Å². The molecule has 110 valence electrons. The van der Waals surface area contributed by atoms with Gasteiger partial charge in [-0.05, 0) is 42.5 Å². The Morgan fingerprint density at radius 3 is 2.14 bits per heavy atom. The number of carbonyl (C=O) groups excluding carboxylic acids is 1.